The zero-order valence-electron chi connectivity index (χ0n) is 13.4. The number of rotatable bonds is 3. The van der Waals surface area contributed by atoms with Gasteiger partial charge in [0.15, 0.2) is 5.13 Å². The van der Waals surface area contributed by atoms with E-state index in [1.54, 1.807) is 23.7 Å². The lowest BCUT2D eigenvalue weighted by molar-refractivity contribution is -0.117. The maximum Gasteiger partial charge on any atom is 0.247 e. The number of aromatic nitrogens is 2. The summed E-state index contributed by atoms with van der Waals surface area (Å²) in [7, 11) is 0. The summed E-state index contributed by atoms with van der Waals surface area (Å²) in [5.41, 5.74) is 2.85. The van der Waals surface area contributed by atoms with Crippen molar-refractivity contribution in [3.8, 4) is 0 Å². The largest absolute Gasteiger partial charge is 0.336 e. The monoisotopic (exact) mass is 338 g/mol. The van der Waals surface area contributed by atoms with Gasteiger partial charge in [-0.1, -0.05) is 6.07 Å². The highest BCUT2D eigenvalue weighted by molar-refractivity contribution is 7.13. The van der Waals surface area contributed by atoms with Gasteiger partial charge in [0.25, 0.3) is 0 Å². The van der Waals surface area contributed by atoms with E-state index in [4.69, 9.17) is 0 Å². The Morgan fingerprint density at radius 2 is 2.21 bits per heavy atom. The summed E-state index contributed by atoms with van der Waals surface area (Å²) in [6.45, 7) is 2.91. The standard InChI is InChI=1S/C18H18N4OS/c1-12-6-7-14(13-4-2-8-19-16(12)13)21-17(23)15-5-3-10-22(15)18-20-9-11-24-18/h2,4,6-9,11,15H,3,5,10H2,1H3,(H,21,23)/t15-/m1/s1. The first-order valence-electron chi connectivity index (χ1n) is 8.05. The van der Waals surface area contributed by atoms with Crippen molar-refractivity contribution >= 4 is 39.0 Å². The molecule has 1 saturated heterocycles. The Kier molecular flexibility index (Phi) is 3.90. The molecule has 1 fully saturated rings. The molecule has 122 valence electrons. The van der Waals surface area contributed by atoms with Crippen LogP contribution in [0, 0.1) is 6.92 Å². The number of hydrogen-bond acceptors (Lipinski definition) is 5. The molecule has 0 aliphatic carbocycles. The minimum atomic E-state index is -0.163. The van der Waals surface area contributed by atoms with Crippen molar-refractivity contribution < 1.29 is 4.79 Å². The molecule has 1 amide bonds. The summed E-state index contributed by atoms with van der Waals surface area (Å²) in [6, 6.07) is 7.69. The zero-order valence-corrected chi connectivity index (χ0v) is 14.2. The Labute approximate surface area is 144 Å². The van der Waals surface area contributed by atoms with Crippen molar-refractivity contribution in [2.24, 2.45) is 0 Å². The molecule has 24 heavy (non-hydrogen) atoms. The van der Waals surface area contributed by atoms with Gasteiger partial charge in [0, 0.05) is 29.7 Å². The van der Waals surface area contributed by atoms with Gasteiger partial charge in [0.1, 0.15) is 6.04 Å². The molecule has 0 bridgehead atoms. The highest BCUT2D eigenvalue weighted by Gasteiger charge is 2.32. The van der Waals surface area contributed by atoms with E-state index in [1.807, 2.05) is 36.6 Å². The molecule has 1 aliphatic rings. The maximum atomic E-state index is 12.9. The van der Waals surface area contributed by atoms with Crippen LogP contribution < -0.4 is 10.2 Å². The summed E-state index contributed by atoms with van der Waals surface area (Å²) in [5.74, 6) is 0.0247. The Balaban J connectivity index is 1.62. The highest BCUT2D eigenvalue weighted by atomic mass is 32.1. The molecular weight excluding hydrogens is 320 g/mol. The molecule has 1 aromatic carbocycles. The second-order valence-corrected chi connectivity index (χ2v) is 6.86. The number of aryl methyl sites for hydroxylation is 1. The van der Waals surface area contributed by atoms with Crippen molar-refractivity contribution in [1.82, 2.24) is 9.97 Å². The molecule has 4 rings (SSSR count). The predicted octanol–water partition coefficient (Wildman–Crippen LogP) is 3.61. The van der Waals surface area contributed by atoms with Crippen LogP contribution in [0.15, 0.2) is 42.0 Å². The van der Waals surface area contributed by atoms with Crippen LogP contribution in [0.25, 0.3) is 10.9 Å². The normalized spacial score (nSPS) is 17.4. The average molecular weight is 338 g/mol. The third-order valence-corrected chi connectivity index (χ3v) is 5.26. The van der Waals surface area contributed by atoms with Crippen LogP contribution in [0.1, 0.15) is 18.4 Å². The number of hydrogen-bond donors (Lipinski definition) is 1. The van der Waals surface area contributed by atoms with E-state index in [0.717, 1.165) is 46.7 Å². The minimum Gasteiger partial charge on any atom is -0.336 e. The van der Waals surface area contributed by atoms with Crippen LogP contribution in [-0.2, 0) is 4.79 Å². The third-order valence-electron chi connectivity index (χ3n) is 4.45. The fraction of sp³-hybridized carbons (Fsp3) is 0.278. The third kappa shape index (κ3) is 2.63. The number of pyridine rings is 1. The molecule has 6 heteroatoms. The first-order chi connectivity index (χ1) is 11.7. The van der Waals surface area contributed by atoms with Crippen LogP contribution in [0.4, 0.5) is 10.8 Å². The molecule has 0 radical (unpaired) electrons. The first-order valence-corrected chi connectivity index (χ1v) is 8.93. The van der Waals surface area contributed by atoms with Crippen LogP contribution in [-0.4, -0.2) is 28.5 Å². The molecule has 0 saturated carbocycles. The number of carbonyl (C=O) groups excluding carboxylic acids is 1. The van der Waals surface area contributed by atoms with Gasteiger partial charge in [-0.05, 0) is 43.5 Å². The summed E-state index contributed by atoms with van der Waals surface area (Å²) >= 11 is 1.58. The zero-order chi connectivity index (χ0) is 16.5. The van der Waals surface area contributed by atoms with Gasteiger partial charge in [-0.15, -0.1) is 11.3 Å². The number of fused-ring (bicyclic) bond motifs is 1. The second kappa shape index (κ2) is 6.20. The van der Waals surface area contributed by atoms with Gasteiger partial charge in [0.05, 0.1) is 11.2 Å². The molecule has 1 aliphatic heterocycles. The fourth-order valence-corrected chi connectivity index (χ4v) is 3.98. The van der Waals surface area contributed by atoms with Crippen molar-refractivity contribution in [2.45, 2.75) is 25.8 Å². The van der Waals surface area contributed by atoms with E-state index >= 15 is 0 Å². The molecule has 0 unspecified atom stereocenters. The van der Waals surface area contributed by atoms with E-state index in [0.29, 0.717) is 0 Å². The van der Waals surface area contributed by atoms with E-state index in [-0.39, 0.29) is 11.9 Å². The maximum absolute atomic E-state index is 12.9. The number of thiazole rings is 1. The number of carbonyl (C=O) groups is 1. The lowest BCUT2D eigenvalue weighted by atomic mass is 10.1. The van der Waals surface area contributed by atoms with Crippen molar-refractivity contribution in [3.63, 3.8) is 0 Å². The SMILES string of the molecule is Cc1ccc(NC(=O)[C@H]2CCCN2c2nccs2)c2cccnc12. The second-order valence-electron chi connectivity index (χ2n) is 5.98. The van der Waals surface area contributed by atoms with Gasteiger partial charge in [-0.2, -0.15) is 0 Å². The summed E-state index contributed by atoms with van der Waals surface area (Å²) < 4.78 is 0. The van der Waals surface area contributed by atoms with Crippen LogP contribution >= 0.6 is 11.3 Å². The van der Waals surface area contributed by atoms with E-state index in [9.17, 15) is 4.79 Å². The van der Waals surface area contributed by atoms with Gasteiger partial charge < -0.3 is 10.2 Å². The number of anilines is 2. The molecular formula is C18H18N4OS. The Morgan fingerprint density at radius 1 is 1.29 bits per heavy atom. The summed E-state index contributed by atoms with van der Waals surface area (Å²) in [5, 5.41) is 6.94. The topological polar surface area (TPSA) is 58.1 Å². The molecule has 2 aromatic heterocycles. The van der Waals surface area contributed by atoms with E-state index < -0.39 is 0 Å². The Hall–Kier alpha value is -2.47. The van der Waals surface area contributed by atoms with Crippen molar-refractivity contribution in [2.75, 3.05) is 16.8 Å². The quantitative estimate of drug-likeness (QED) is 0.792. The lowest BCUT2D eigenvalue weighted by Crippen LogP contribution is -2.39. The molecule has 1 atom stereocenters. The van der Waals surface area contributed by atoms with Gasteiger partial charge in [-0.3, -0.25) is 9.78 Å². The Morgan fingerprint density at radius 3 is 3.04 bits per heavy atom. The predicted molar refractivity (Wildman–Crippen MR) is 97.6 cm³/mol. The van der Waals surface area contributed by atoms with Crippen LogP contribution in [0.3, 0.4) is 0 Å². The molecule has 1 N–H and O–H groups in total. The van der Waals surface area contributed by atoms with Gasteiger partial charge in [0.2, 0.25) is 5.91 Å². The lowest BCUT2D eigenvalue weighted by Gasteiger charge is -2.23. The molecule has 5 nitrogen and oxygen atoms in total. The Bertz CT molecular complexity index is 878. The van der Waals surface area contributed by atoms with E-state index in [1.165, 1.54) is 0 Å². The van der Waals surface area contributed by atoms with Crippen LogP contribution in [0.2, 0.25) is 0 Å². The average Bonchev–Trinajstić information content (AvgIpc) is 3.28. The number of benzene rings is 1. The summed E-state index contributed by atoms with van der Waals surface area (Å²) in [4.78, 5) is 23.7. The van der Waals surface area contributed by atoms with E-state index in [2.05, 4.69) is 20.2 Å². The summed E-state index contributed by atoms with van der Waals surface area (Å²) in [6.07, 6.45) is 5.43. The van der Waals surface area contributed by atoms with Crippen molar-refractivity contribution in [1.29, 1.82) is 0 Å². The molecule has 0 spiro atoms. The smallest absolute Gasteiger partial charge is 0.247 e. The van der Waals surface area contributed by atoms with Gasteiger partial charge in [-0.25, -0.2) is 4.98 Å². The van der Waals surface area contributed by atoms with Gasteiger partial charge >= 0.3 is 0 Å². The number of nitrogens with one attached hydrogen (secondary N) is 1. The first kappa shape index (κ1) is 15.1. The number of nitrogens with zero attached hydrogens (tertiary/aromatic N) is 3. The van der Waals surface area contributed by atoms with Crippen molar-refractivity contribution in [3.05, 3.63) is 47.6 Å². The number of amides is 1. The highest BCUT2D eigenvalue weighted by Crippen LogP contribution is 2.29. The fourth-order valence-electron chi connectivity index (χ4n) is 3.26. The molecule has 3 heterocycles. The molecule has 3 aromatic rings. The minimum absolute atomic E-state index is 0.0247. The van der Waals surface area contributed by atoms with Crippen LogP contribution in [0.5, 0.6) is 0 Å².